The molecule has 27 heavy (non-hydrogen) atoms. The predicted molar refractivity (Wildman–Crippen MR) is 104 cm³/mol. The summed E-state index contributed by atoms with van der Waals surface area (Å²) in [5.74, 6) is -0.731. The van der Waals surface area contributed by atoms with E-state index < -0.39 is 17.4 Å². The number of nitrogens with one attached hydrogen (secondary N) is 1. The molecule has 2 aromatic rings. The molecule has 1 heterocycles. The Hall–Kier alpha value is -3.02. The average Bonchev–Trinajstić information content (AvgIpc) is 2.81. The highest BCUT2D eigenvalue weighted by Gasteiger charge is 2.50. The number of aromatic hydroxyl groups is 2. The van der Waals surface area contributed by atoms with Crippen molar-refractivity contribution in [3.8, 4) is 11.5 Å². The van der Waals surface area contributed by atoms with Gasteiger partial charge in [-0.1, -0.05) is 26.0 Å². The van der Waals surface area contributed by atoms with E-state index in [0.29, 0.717) is 11.4 Å². The summed E-state index contributed by atoms with van der Waals surface area (Å²) in [7, 11) is 0. The molecule has 0 saturated carbocycles. The molecule has 142 valence electrons. The first-order valence-corrected chi connectivity index (χ1v) is 8.82. The fraction of sp³-hybridized carbons (Fsp3) is 0.333. The molecule has 1 atom stereocenters. The topological polar surface area (TPSA) is 89.9 Å². The van der Waals surface area contributed by atoms with Gasteiger partial charge in [0.25, 0.3) is 0 Å². The molecule has 0 aliphatic carbocycles. The van der Waals surface area contributed by atoms with Gasteiger partial charge in [0.05, 0.1) is 11.4 Å². The van der Waals surface area contributed by atoms with E-state index in [9.17, 15) is 19.8 Å². The summed E-state index contributed by atoms with van der Waals surface area (Å²) >= 11 is 0. The first-order chi connectivity index (χ1) is 12.6. The maximum Gasteiger partial charge on any atom is 0.248 e. The molecule has 1 aliphatic heterocycles. The lowest BCUT2D eigenvalue weighted by atomic mass is 9.84. The second kappa shape index (κ2) is 6.61. The van der Waals surface area contributed by atoms with Gasteiger partial charge in [-0.2, -0.15) is 0 Å². The monoisotopic (exact) mass is 368 g/mol. The van der Waals surface area contributed by atoms with Crippen molar-refractivity contribution in [3.63, 3.8) is 0 Å². The van der Waals surface area contributed by atoms with Gasteiger partial charge in [0, 0.05) is 11.8 Å². The molecular formula is C21H24N2O4. The van der Waals surface area contributed by atoms with Crippen LogP contribution in [0.5, 0.6) is 11.5 Å². The van der Waals surface area contributed by atoms with E-state index in [-0.39, 0.29) is 23.8 Å². The van der Waals surface area contributed by atoms with Crippen molar-refractivity contribution in [1.82, 2.24) is 0 Å². The summed E-state index contributed by atoms with van der Waals surface area (Å²) in [6.45, 7) is 7.40. The van der Waals surface area contributed by atoms with Crippen LogP contribution in [0.15, 0.2) is 36.4 Å². The first kappa shape index (κ1) is 18.8. The third-order valence-corrected chi connectivity index (χ3v) is 4.92. The van der Waals surface area contributed by atoms with E-state index in [4.69, 9.17) is 0 Å². The van der Waals surface area contributed by atoms with Crippen LogP contribution in [0.3, 0.4) is 0 Å². The highest BCUT2D eigenvalue weighted by Crippen LogP contribution is 2.43. The second-order valence-corrected chi connectivity index (χ2v) is 7.83. The number of rotatable bonds is 3. The molecule has 0 aromatic heterocycles. The van der Waals surface area contributed by atoms with Gasteiger partial charge in [-0.25, -0.2) is 0 Å². The molecule has 3 rings (SSSR count). The molecular weight excluding hydrogens is 344 g/mol. The quantitative estimate of drug-likeness (QED) is 0.724. The van der Waals surface area contributed by atoms with E-state index in [1.54, 1.807) is 24.3 Å². The number of aryl methyl sites for hydroxylation is 2. The minimum atomic E-state index is -0.822. The lowest BCUT2D eigenvalue weighted by Gasteiger charge is -2.31. The molecule has 2 amide bonds. The van der Waals surface area contributed by atoms with Crippen molar-refractivity contribution in [3.05, 3.63) is 47.5 Å². The summed E-state index contributed by atoms with van der Waals surface area (Å²) in [6, 6.07) is 9.06. The zero-order valence-corrected chi connectivity index (χ0v) is 15.9. The number of phenols is 2. The number of carbonyl (C=O) groups is 2. The number of hydrogen-bond donors (Lipinski definition) is 3. The van der Waals surface area contributed by atoms with E-state index >= 15 is 0 Å². The maximum atomic E-state index is 13.1. The number of benzene rings is 2. The van der Waals surface area contributed by atoms with Gasteiger partial charge in [-0.05, 0) is 49.2 Å². The molecule has 1 saturated heterocycles. The molecule has 6 heteroatoms. The molecule has 1 unspecified atom stereocenters. The van der Waals surface area contributed by atoms with Crippen LogP contribution in [-0.2, 0) is 9.59 Å². The Morgan fingerprint density at radius 3 is 2.33 bits per heavy atom. The Kier molecular flexibility index (Phi) is 4.59. The van der Waals surface area contributed by atoms with E-state index in [1.807, 2.05) is 27.7 Å². The van der Waals surface area contributed by atoms with Gasteiger partial charge in [0.15, 0.2) is 0 Å². The largest absolute Gasteiger partial charge is 0.506 e. The fourth-order valence-corrected chi connectivity index (χ4v) is 3.59. The Balaban J connectivity index is 2.01. The highest BCUT2D eigenvalue weighted by molar-refractivity contribution is 6.09. The number of amides is 2. The summed E-state index contributed by atoms with van der Waals surface area (Å²) in [5, 5.41) is 23.1. The van der Waals surface area contributed by atoms with Gasteiger partial charge in [0.2, 0.25) is 11.8 Å². The first-order valence-electron chi connectivity index (χ1n) is 8.82. The Labute approximate surface area is 158 Å². The molecule has 1 fully saturated rings. The third kappa shape index (κ3) is 3.47. The SMILES string of the molecule is Cc1ccc(O)c(NC(=O)C2N(c3cc(C)ccc3O)C(=O)CC2(C)C)c1. The number of anilines is 2. The van der Waals surface area contributed by atoms with Gasteiger partial charge >= 0.3 is 0 Å². The summed E-state index contributed by atoms with van der Waals surface area (Å²) in [6.07, 6.45) is 0.179. The van der Waals surface area contributed by atoms with Crippen LogP contribution in [0.1, 0.15) is 31.4 Å². The number of phenolic OH excluding ortho intramolecular Hbond substituents is 2. The lowest BCUT2D eigenvalue weighted by molar-refractivity contribution is -0.120. The van der Waals surface area contributed by atoms with Gasteiger partial charge < -0.3 is 15.5 Å². The molecule has 0 radical (unpaired) electrons. The Morgan fingerprint density at radius 2 is 1.67 bits per heavy atom. The molecule has 2 aromatic carbocycles. The lowest BCUT2D eigenvalue weighted by Crippen LogP contribution is -2.47. The van der Waals surface area contributed by atoms with Crippen molar-refractivity contribution < 1.29 is 19.8 Å². The summed E-state index contributed by atoms with van der Waals surface area (Å²) in [5.41, 5.74) is 1.73. The van der Waals surface area contributed by atoms with Gasteiger partial charge in [0.1, 0.15) is 17.5 Å². The number of carbonyl (C=O) groups excluding carboxylic acids is 2. The van der Waals surface area contributed by atoms with Crippen LogP contribution in [-0.4, -0.2) is 28.1 Å². The van der Waals surface area contributed by atoms with Crippen molar-refractivity contribution in [2.75, 3.05) is 10.2 Å². The van der Waals surface area contributed by atoms with Crippen molar-refractivity contribution in [1.29, 1.82) is 0 Å². The van der Waals surface area contributed by atoms with Crippen LogP contribution in [0, 0.1) is 19.3 Å². The Morgan fingerprint density at radius 1 is 1.07 bits per heavy atom. The second-order valence-electron chi connectivity index (χ2n) is 7.83. The van der Waals surface area contributed by atoms with Gasteiger partial charge in [-0.3, -0.25) is 14.5 Å². The molecule has 3 N–H and O–H groups in total. The fourth-order valence-electron chi connectivity index (χ4n) is 3.59. The Bertz CT molecular complexity index is 920. The van der Waals surface area contributed by atoms with Crippen molar-refractivity contribution in [2.45, 2.75) is 40.2 Å². The normalized spacial score (nSPS) is 18.6. The zero-order chi connectivity index (χ0) is 19.9. The van der Waals surface area contributed by atoms with Crippen LogP contribution in [0.25, 0.3) is 0 Å². The molecule has 0 spiro atoms. The molecule has 1 aliphatic rings. The van der Waals surface area contributed by atoms with Crippen LogP contribution in [0.2, 0.25) is 0 Å². The van der Waals surface area contributed by atoms with E-state index in [0.717, 1.165) is 11.1 Å². The van der Waals surface area contributed by atoms with Crippen molar-refractivity contribution >= 4 is 23.2 Å². The van der Waals surface area contributed by atoms with Crippen LogP contribution >= 0.6 is 0 Å². The van der Waals surface area contributed by atoms with E-state index in [2.05, 4.69) is 5.32 Å². The third-order valence-electron chi connectivity index (χ3n) is 4.92. The summed E-state index contributed by atoms with van der Waals surface area (Å²) in [4.78, 5) is 27.2. The number of hydrogen-bond acceptors (Lipinski definition) is 4. The smallest absolute Gasteiger partial charge is 0.248 e. The van der Waals surface area contributed by atoms with Crippen LogP contribution < -0.4 is 10.2 Å². The van der Waals surface area contributed by atoms with E-state index in [1.165, 1.54) is 17.0 Å². The molecule has 0 bridgehead atoms. The van der Waals surface area contributed by atoms with Crippen LogP contribution in [0.4, 0.5) is 11.4 Å². The molecule has 6 nitrogen and oxygen atoms in total. The predicted octanol–water partition coefficient (Wildman–Crippen LogP) is 3.48. The zero-order valence-electron chi connectivity index (χ0n) is 15.9. The maximum absolute atomic E-state index is 13.1. The number of nitrogens with zero attached hydrogens (tertiary/aromatic N) is 1. The van der Waals surface area contributed by atoms with Crippen molar-refractivity contribution in [2.24, 2.45) is 5.41 Å². The minimum absolute atomic E-state index is 0.0407. The summed E-state index contributed by atoms with van der Waals surface area (Å²) < 4.78 is 0. The minimum Gasteiger partial charge on any atom is -0.506 e. The highest BCUT2D eigenvalue weighted by atomic mass is 16.3. The average molecular weight is 368 g/mol. The standard InChI is InChI=1S/C21H24N2O4/c1-12-5-7-16(24)14(9-12)22-20(27)19-21(3,4)11-18(26)23(19)15-10-13(2)6-8-17(15)25/h5-10,19,24-25H,11H2,1-4H3,(H,22,27). The van der Waals surface area contributed by atoms with Gasteiger partial charge in [-0.15, -0.1) is 0 Å².